The summed E-state index contributed by atoms with van der Waals surface area (Å²) in [5.41, 5.74) is 1.10. The van der Waals surface area contributed by atoms with Crippen LogP contribution in [-0.4, -0.2) is 11.6 Å². The van der Waals surface area contributed by atoms with E-state index in [0.717, 1.165) is 22.9 Å². The minimum absolute atomic E-state index is 0.217. The minimum Gasteiger partial charge on any atom is -0.481 e. The lowest BCUT2D eigenvalue weighted by Crippen LogP contribution is -2.18. The van der Waals surface area contributed by atoms with Crippen molar-refractivity contribution in [2.24, 2.45) is 0 Å². The third kappa shape index (κ3) is 3.83. The van der Waals surface area contributed by atoms with Crippen LogP contribution in [0.1, 0.15) is 28.4 Å². The topological polar surface area (TPSA) is 34.1 Å². The first-order valence-corrected chi connectivity index (χ1v) is 7.32. The molecule has 20 heavy (non-hydrogen) atoms. The Morgan fingerprint density at radius 3 is 2.95 bits per heavy atom. The number of rotatable bonds is 6. The first kappa shape index (κ1) is 14.6. The number of aromatic nitrogens is 1. The molecule has 0 aliphatic rings. The van der Waals surface area contributed by atoms with Crippen molar-refractivity contribution in [2.45, 2.75) is 26.4 Å². The number of terminal acetylenes is 1. The molecule has 1 aromatic heterocycles. The van der Waals surface area contributed by atoms with E-state index in [1.807, 2.05) is 30.5 Å². The van der Waals surface area contributed by atoms with E-state index >= 15 is 0 Å². The zero-order valence-corrected chi connectivity index (χ0v) is 12.5. The van der Waals surface area contributed by atoms with Crippen molar-refractivity contribution in [3.05, 3.63) is 45.9 Å². The van der Waals surface area contributed by atoms with E-state index in [-0.39, 0.29) is 12.6 Å². The molecule has 1 N–H and O–H groups in total. The number of benzene rings is 1. The Morgan fingerprint density at radius 1 is 1.45 bits per heavy atom. The summed E-state index contributed by atoms with van der Waals surface area (Å²) in [7, 11) is 0. The second-order valence-electron chi connectivity index (χ2n) is 4.51. The summed E-state index contributed by atoms with van der Waals surface area (Å²) in [6.45, 7) is 5.19. The van der Waals surface area contributed by atoms with E-state index in [2.05, 4.69) is 30.1 Å². The monoisotopic (exact) mass is 286 g/mol. The lowest BCUT2D eigenvalue weighted by Gasteiger charge is -2.14. The predicted octanol–water partition coefficient (Wildman–Crippen LogP) is 3.31. The molecule has 104 valence electrons. The first-order chi connectivity index (χ1) is 9.70. The second kappa shape index (κ2) is 7.09. The summed E-state index contributed by atoms with van der Waals surface area (Å²) in [6.07, 6.45) is 7.13. The number of hydrogen-bond acceptors (Lipinski definition) is 4. The molecule has 0 amide bonds. The Hall–Kier alpha value is -1.83. The SMILES string of the molecule is C#CCOc1ccccc1CNC(C)c1ncc(C)s1. The van der Waals surface area contributed by atoms with E-state index in [9.17, 15) is 0 Å². The number of hydrogen-bond donors (Lipinski definition) is 1. The Kier molecular flexibility index (Phi) is 5.16. The van der Waals surface area contributed by atoms with Gasteiger partial charge < -0.3 is 10.1 Å². The van der Waals surface area contributed by atoms with E-state index in [1.54, 1.807) is 11.3 Å². The highest BCUT2D eigenvalue weighted by molar-refractivity contribution is 7.11. The maximum Gasteiger partial charge on any atom is 0.148 e. The van der Waals surface area contributed by atoms with Gasteiger partial charge in [-0.1, -0.05) is 24.1 Å². The van der Waals surface area contributed by atoms with Crippen LogP contribution in [0.25, 0.3) is 0 Å². The molecule has 3 nitrogen and oxygen atoms in total. The molecule has 1 atom stereocenters. The molecular formula is C16H18N2OS. The third-order valence-electron chi connectivity index (χ3n) is 2.89. The molecule has 1 unspecified atom stereocenters. The van der Waals surface area contributed by atoms with Crippen LogP contribution in [0.4, 0.5) is 0 Å². The standard InChI is InChI=1S/C16H18N2OS/c1-4-9-19-15-8-6-5-7-14(15)11-17-13(3)16-18-10-12(2)20-16/h1,5-8,10,13,17H,9,11H2,2-3H3. The maximum atomic E-state index is 5.54. The van der Waals surface area contributed by atoms with E-state index < -0.39 is 0 Å². The van der Waals surface area contributed by atoms with Crippen molar-refractivity contribution in [3.63, 3.8) is 0 Å². The highest BCUT2D eigenvalue weighted by Gasteiger charge is 2.10. The van der Waals surface area contributed by atoms with Gasteiger partial charge >= 0.3 is 0 Å². The van der Waals surface area contributed by atoms with E-state index in [4.69, 9.17) is 11.2 Å². The highest BCUT2D eigenvalue weighted by Crippen LogP contribution is 2.22. The Bertz CT molecular complexity index is 601. The first-order valence-electron chi connectivity index (χ1n) is 6.50. The van der Waals surface area contributed by atoms with Crippen LogP contribution < -0.4 is 10.1 Å². The smallest absolute Gasteiger partial charge is 0.148 e. The van der Waals surface area contributed by atoms with Crippen molar-refractivity contribution in [1.82, 2.24) is 10.3 Å². The number of para-hydroxylation sites is 1. The number of nitrogens with one attached hydrogen (secondary N) is 1. The molecule has 2 rings (SSSR count). The second-order valence-corrected chi connectivity index (χ2v) is 5.78. The van der Waals surface area contributed by atoms with Crippen LogP contribution in [0.3, 0.4) is 0 Å². The summed E-state index contributed by atoms with van der Waals surface area (Å²) in [5, 5.41) is 4.56. The van der Waals surface area contributed by atoms with Gasteiger partial charge in [-0.3, -0.25) is 0 Å². The molecule has 0 bridgehead atoms. The van der Waals surface area contributed by atoms with Gasteiger partial charge in [-0.25, -0.2) is 4.98 Å². The molecule has 0 spiro atoms. The number of aryl methyl sites for hydroxylation is 1. The molecule has 0 radical (unpaired) electrons. The van der Waals surface area contributed by atoms with Gasteiger partial charge in [0.1, 0.15) is 17.4 Å². The molecule has 0 aliphatic heterocycles. The summed E-state index contributed by atoms with van der Waals surface area (Å²) in [5.74, 6) is 3.32. The van der Waals surface area contributed by atoms with Crippen molar-refractivity contribution in [2.75, 3.05) is 6.61 Å². The fraction of sp³-hybridized carbons (Fsp3) is 0.312. The van der Waals surface area contributed by atoms with Gasteiger partial charge in [-0.05, 0) is 19.9 Å². The summed E-state index contributed by atoms with van der Waals surface area (Å²) < 4.78 is 5.54. The van der Waals surface area contributed by atoms with Gasteiger partial charge in [-0.15, -0.1) is 17.8 Å². The van der Waals surface area contributed by atoms with Crippen LogP contribution in [0.5, 0.6) is 5.75 Å². The van der Waals surface area contributed by atoms with Crippen molar-refractivity contribution < 1.29 is 4.74 Å². The summed E-state index contributed by atoms with van der Waals surface area (Å²) >= 11 is 1.72. The van der Waals surface area contributed by atoms with Gasteiger partial charge in [0, 0.05) is 23.2 Å². The fourth-order valence-electron chi connectivity index (χ4n) is 1.83. The van der Waals surface area contributed by atoms with Crippen molar-refractivity contribution in [3.8, 4) is 18.1 Å². The third-order valence-corrected chi connectivity index (χ3v) is 3.99. The summed E-state index contributed by atoms with van der Waals surface area (Å²) in [4.78, 5) is 5.63. The Balaban J connectivity index is 1.98. The molecule has 0 saturated carbocycles. The Morgan fingerprint density at radius 2 is 2.25 bits per heavy atom. The van der Waals surface area contributed by atoms with Crippen molar-refractivity contribution in [1.29, 1.82) is 0 Å². The summed E-state index contributed by atoms with van der Waals surface area (Å²) in [6, 6.07) is 8.14. The normalized spacial score (nSPS) is 11.8. The predicted molar refractivity (Wildman–Crippen MR) is 82.9 cm³/mol. The maximum absolute atomic E-state index is 5.54. The van der Waals surface area contributed by atoms with Crippen LogP contribution in [-0.2, 0) is 6.54 Å². The van der Waals surface area contributed by atoms with Gasteiger partial charge in [-0.2, -0.15) is 0 Å². The Labute approximate surface area is 124 Å². The number of nitrogens with zero attached hydrogens (tertiary/aromatic N) is 1. The largest absolute Gasteiger partial charge is 0.481 e. The molecule has 4 heteroatoms. The van der Waals surface area contributed by atoms with Crippen LogP contribution in [0.2, 0.25) is 0 Å². The molecule has 1 heterocycles. The lowest BCUT2D eigenvalue weighted by molar-refractivity contribution is 0.364. The molecular weight excluding hydrogens is 268 g/mol. The molecule has 0 saturated heterocycles. The molecule has 0 aliphatic carbocycles. The minimum atomic E-state index is 0.217. The van der Waals surface area contributed by atoms with Crippen LogP contribution in [0, 0.1) is 19.3 Å². The fourth-order valence-corrected chi connectivity index (χ4v) is 2.63. The average molecular weight is 286 g/mol. The van der Waals surface area contributed by atoms with Gasteiger partial charge in [0.25, 0.3) is 0 Å². The van der Waals surface area contributed by atoms with Gasteiger partial charge in [0.05, 0.1) is 6.04 Å². The van der Waals surface area contributed by atoms with E-state index in [0.29, 0.717) is 0 Å². The number of ether oxygens (including phenoxy) is 1. The molecule has 1 aromatic carbocycles. The number of thiazole rings is 1. The van der Waals surface area contributed by atoms with Crippen LogP contribution in [0.15, 0.2) is 30.5 Å². The molecule has 0 fully saturated rings. The van der Waals surface area contributed by atoms with Gasteiger partial charge in [0.2, 0.25) is 0 Å². The zero-order valence-electron chi connectivity index (χ0n) is 11.7. The van der Waals surface area contributed by atoms with Crippen LogP contribution >= 0.6 is 11.3 Å². The van der Waals surface area contributed by atoms with E-state index in [1.165, 1.54) is 4.88 Å². The lowest BCUT2D eigenvalue weighted by atomic mass is 10.2. The van der Waals surface area contributed by atoms with Gasteiger partial charge in [0.15, 0.2) is 0 Å². The van der Waals surface area contributed by atoms with Crippen molar-refractivity contribution >= 4 is 11.3 Å². The quantitative estimate of drug-likeness (QED) is 0.827. The average Bonchev–Trinajstić information content (AvgIpc) is 2.90. The highest BCUT2D eigenvalue weighted by atomic mass is 32.1. The zero-order chi connectivity index (χ0) is 14.4. The molecule has 2 aromatic rings.